The fourth-order valence-electron chi connectivity index (χ4n) is 7.10. The Morgan fingerprint density at radius 3 is 1.74 bits per heavy atom. The molecular weight excluding hydrogens is 750 g/mol. The number of hydrogen-bond acceptors (Lipinski definition) is 7. The Balaban J connectivity index is 1.80. The van der Waals surface area contributed by atoms with Crippen LogP contribution in [0.2, 0.25) is 18.1 Å². The first kappa shape index (κ1) is 43.3. The number of β-lactam (4-membered cyclic amide) rings is 1. The molecule has 1 aliphatic rings. The van der Waals surface area contributed by atoms with Gasteiger partial charge < -0.3 is 18.8 Å². The molecule has 0 N–H and O–H groups in total. The van der Waals surface area contributed by atoms with Crippen LogP contribution < -0.4 is 15.9 Å². The average molecular weight is 806 g/mol. The van der Waals surface area contributed by atoms with Gasteiger partial charge in [-0.15, -0.1) is 0 Å². The second-order valence-corrected chi connectivity index (χ2v) is 25.1. The molecule has 1 fully saturated rings. The number of carbonyl (C=O) groups excluding carboxylic acids is 4. The summed E-state index contributed by atoms with van der Waals surface area (Å²) in [7, 11) is -2.41. The van der Waals surface area contributed by atoms with Gasteiger partial charge in [0.25, 0.3) is 0 Å². The Morgan fingerprint density at radius 1 is 0.789 bits per heavy atom. The molecule has 8 nitrogen and oxygen atoms in total. The molecule has 1 heterocycles. The molecule has 3 unspecified atom stereocenters. The standard InChI is InChI=1S/C47H56NO7PSi/c1-11-30-53-45(52)43(56(36-24-15-12-16-25-36,37-26-17-13-18-27-37)38-28-19-14-20-29-38)48-39(41(42(48)50)33(2)55-57(9,10)47(6,7)8)32-40(49)34-22-21-23-35(31-34)44(51)54-46(3,4)5/h11-29,31,33,39,41H,1,30,32H2,2-10H3. The first-order valence-corrected chi connectivity index (χ1v) is 24.1. The molecule has 0 aliphatic carbocycles. The summed E-state index contributed by atoms with van der Waals surface area (Å²) in [6.07, 6.45) is 0.775. The van der Waals surface area contributed by atoms with E-state index in [0.717, 1.165) is 15.9 Å². The topological polar surface area (TPSA) is 99.2 Å². The van der Waals surface area contributed by atoms with Gasteiger partial charge in [0.05, 0.1) is 23.6 Å². The third-order valence-corrected chi connectivity index (χ3v) is 19.6. The highest BCUT2D eigenvalue weighted by Crippen LogP contribution is 2.51. The summed E-state index contributed by atoms with van der Waals surface area (Å²) < 4.78 is 18.4. The SMILES string of the molecule is C=CCOC(=O)C(N1C(=O)C(C(C)O[Si](C)(C)C(C)(C)C)C1CC(=O)c1cccc(C(=O)OC(C)(C)C)c1)=P(c1ccccc1)(c1ccccc1)c1ccccc1. The molecule has 10 heteroatoms. The van der Waals surface area contributed by atoms with Crippen LogP contribution in [-0.4, -0.2) is 66.6 Å². The van der Waals surface area contributed by atoms with Gasteiger partial charge in [0.2, 0.25) is 5.91 Å². The lowest BCUT2D eigenvalue weighted by molar-refractivity contribution is -0.156. The van der Waals surface area contributed by atoms with Crippen molar-refractivity contribution in [3.05, 3.63) is 139 Å². The van der Waals surface area contributed by atoms with Crippen LogP contribution in [0.4, 0.5) is 0 Å². The summed E-state index contributed by atoms with van der Waals surface area (Å²) in [5, 5.41) is 2.36. The normalized spacial score (nSPS) is 16.6. The highest BCUT2D eigenvalue weighted by atomic mass is 31.2. The monoisotopic (exact) mass is 805 g/mol. The van der Waals surface area contributed by atoms with Gasteiger partial charge in [0.1, 0.15) is 17.6 Å². The summed E-state index contributed by atoms with van der Waals surface area (Å²) in [6, 6.07) is 34.9. The van der Waals surface area contributed by atoms with Crippen molar-refractivity contribution < 1.29 is 33.1 Å². The molecular formula is C47H56NO7PSi. The molecule has 1 amide bonds. The lowest BCUT2D eigenvalue weighted by atomic mass is 9.79. The van der Waals surface area contributed by atoms with Gasteiger partial charge in [0.15, 0.2) is 14.1 Å². The molecule has 4 aromatic rings. The van der Waals surface area contributed by atoms with Crippen molar-refractivity contribution in [1.82, 2.24) is 4.90 Å². The molecule has 57 heavy (non-hydrogen) atoms. The minimum Gasteiger partial charge on any atom is -0.457 e. The van der Waals surface area contributed by atoms with Gasteiger partial charge in [-0.1, -0.05) is 137 Å². The van der Waals surface area contributed by atoms with Gasteiger partial charge in [-0.05, 0) is 73.9 Å². The van der Waals surface area contributed by atoms with Gasteiger partial charge in [-0.3, -0.25) is 9.59 Å². The van der Waals surface area contributed by atoms with Gasteiger partial charge >= 0.3 is 11.9 Å². The molecule has 0 saturated carbocycles. The number of hydrogen-bond donors (Lipinski definition) is 0. The molecule has 300 valence electrons. The number of nitrogens with zero attached hydrogens (tertiary/aromatic N) is 1. The van der Waals surface area contributed by atoms with Crippen molar-refractivity contribution in [2.45, 2.75) is 90.8 Å². The number of ketones is 1. The Bertz CT molecular complexity index is 2050. The van der Waals surface area contributed by atoms with Gasteiger partial charge in [-0.2, -0.15) is 0 Å². The summed E-state index contributed by atoms with van der Waals surface area (Å²) >= 11 is 0. The fourth-order valence-corrected chi connectivity index (χ4v) is 12.9. The maximum atomic E-state index is 15.2. The molecule has 0 bridgehead atoms. The summed E-state index contributed by atoms with van der Waals surface area (Å²) in [5.74, 6) is -2.60. The maximum Gasteiger partial charge on any atom is 0.356 e. The lowest BCUT2D eigenvalue weighted by Crippen LogP contribution is -2.69. The molecule has 4 aromatic carbocycles. The van der Waals surface area contributed by atoms with Gasteiger partial charge in [-0.25, -0.2) is 9.59 Å². The Labute approximate surface area is 339 Å². The largest absolute Gasteiger partial charge is 0.457 e. The number of rotatable bonds is 14. The second-order valence-electron chi connectivity index (χ2n) is 17.0. The van der Waals surface area contributed by atoms with Crippen LogP contribution in [-0.2, 0) is 23.5 Å². The van der Waals surface area contributed by atoms with Crippen LogP contribution in [0.3, 0.4) is 0 Å². The minimum absolute atomic E-state index is 0.0852. The molecule has 1 saturated heterocycles. The van der Waals surface area contributed by atoms with Crippen molar-refractivity contribution >= 4 is 60.2 Å². The van der Waals surface area contributed by atoms with E-state index in [0.29, 0.717) is 5.56 Å². The molecule has 5 rings (SSSR count). The Hall–Kier alpha value is -4.82. The zero-order valence-corrected chi connectivity index (χ0v) is 36.5. The van der Waals surface area contributed by atoms with E-state index in [9.17, 15) is 14.4 Å². The number of likely N-dealkylation sites (tertiary alicyclic amines) is 1. The molecule has 1 aliphatic heterocycles. The molecule has 0 radical (unpaired) electrons. The number of carbonyl (C=O) groups is 4. The van der Waals surface area contributed by atoms with Crippen LogP contribution in [0.5, 0.6) is 0 Å². The van der Waals surface area contributed by atoms with Crippen LogP contribution >= 0.6 is 6.89 Å². The first-order valence-electron chi connectivity index (χ1n) is 19.4. The van der Waals surface area contributed by atoms with Crippen molar-refractivity contribution in [2.24, 2.45) is 5.92 Å². The third kappa shape index (κ3) is 9.17. The van der Waals surface area contributed by atoms with E-state index in [4.69, 9.17) is 13.9 Å². The Kier molecular flexibility index (Phi) is 13.2. The van der Waals surface area contributed by atoms with Crippen molar-refractivity contribution in [3.63, 3.8) is 0 Å². The zero-order chi connectivity index (χ0) is 41.8. The highest BCUT2D eigenvalue weighted by Gasteiger charge is 2.57. The van der Waals surface area contributed by atoms with Gasteiger partial charge in [0, 0.05) is 18.9 Å². The van der Waals surface area contributed by atoms with Crippen molar-refractivity contribution in [1.29, 1.82) is 0 Å². The van der Waals surface area contributed by atoms with Crippen molar-refractivity contribution in [2.75, 3.05) is 6.61 Å². The third-order valence-electron chi connectivity index (χ3n) is 10.8. The van der Waals surface area contributed by atoms with E-state index in [1.165, 1.54) is 17.0 Å². The van der Waals surface area contributed by atoms with Crippen molar-refractivity contribution in [3.8, 4) is 0 Å². The molecule has 0 spiro atoms. The lowest BCUT2D eigenvalue weighted by Gasteiger charge is -2.53. The minimum atomic E-state index is -3.23. The van der Waals surface area contributed by atoms with E-state index in [2.05, 4.69) is 40.4 Å². The average Bonchev–Trinajstić information content (AvgIpc) is 3.16. The number of amides is 1. The second kappa shape index (κ2) is 17.4. The van der Waals surface area contributed by atoms with E-state index in [1.54, 1.807) is 39.0 Å². The van der Waals surface area contributed by atoms with Crippen LogP contribution in [0.25, 0.3) is 0 Å². The fraction of sp³-hybridized carbons (Fsp3) is 0.340. The van der Waals surface area contributed by atoms with E-state index in [-0.39, 0.29) is 40.7 Å². The Morgan fingerprint density at radius 2 is 1.28 bits per heavy atom. The maximum absolute atomic E-state index is 15.2. The number of benzene rings is 4. The van der Waals surface area contributed by atoms with Crippen LogP contribution in [0, 0.1) is 5.92 Å². The number of esters is 2. The highest BCUT2D eigenvalue weighted by molar-refractivity contribution is 7.96. The molecule has 3 atom stereocenters. The summed E-state index contributed by atoms with van der Waals surface area (Å²) in [4.78, 5) is 59.3. The van der Waals surface area contributed by atoms with E-state index in [1.807, 2.05) is 97.9 Å². The quantitative estimate of drug-likeness (QED) is 0.0316. The number of Topliss-reactive ketones (excluding diaryl/α,β-unsaturated/α-hetero) is 1. The predicted octanol–water partition coefficient (Wildman–Crippen LogP) is 8.31. The first-order chi connectivity index (χ1) is 26.8. The van der Waals surface area contributed by atoms with Crippen LogP contribution in [0.1, 0.15) is 75.6 Å². The smallest absolute Gasteiger partial charge is 0.356 e. The van der Waals surface area contributed by atoms with E-state index >= 15 is 4.79 Å². The summed E-state index contributed by atoms with van der Waals surface area (Å²) in [5.41, 5.74) is -0.0178. The number of ether oxygens (including phenoxy) is 2. The van der Waals surface area contributed by atoms with Crippen LogP contribution in [0.15, 0.2) is 128 Å². The zero-order valence-electron chi connectivity index (χ0n) is 34.7. The predicted molar refractivity (Wildman–Crippen MR) is 234 cm³/mol. The summed E-state index contributed by atoms with van der Waals surface area (Å²) in [6.45, 7) is 18.4. The molecule has 0 aromatic heterocycles. The van der Waals surface area contributed by atoms with E-state index < -0.39 is 50.8 Å².